The van der Waals surface area contributed by atoms with Gasteiger partial charge in [0.2, 0.25) is 0 Å². The van der Waals surface area contributed by atoms with E-state index in [1.54, 1.807) is 30.3 Å². The van der Waals surface area contributed by atoms with Gasteiger partial charge in [0.1, 0.15) is 5.70 Å². The van der Waals surface area contributed by atoms with E-state index >= 15 is 0 Å². The summed E-state index contributed by atoms with van der Waals surface area (Å²) in [7, 11) is 3.70. The van der Waals surface area contributed by atoms with Gasteiger partial charge in [-0.1, -0.05) is 84.9 Å². The molecule has 6 nitrogen and oxygen atoms in total. The van der Waals surface area contributed by atoms with Crippen molar-refractivity contribution < 1.29 is 9.59 Å². The van der Waals surface area contributed by atoms with E-state index < -0.39 is 5.91 Å². The molecule has 0 bridgehead atoms. The van der Waals surface area contributed by atoms with Crippen molar-refractivity contribution in [3.8, 4) is 0 Å². The number of hydrogen-bond donors (Lipinski definition) is 2. The number of hydrazone groups is 1. The Morgan fingerprint density at radius 1 is 0.743 bits per heavy atom. The highest BCUT2D eigenvalue weighted by Gasteiger charge is 2.15. The van der Waals surface area contributed by atoms with E-state index in [1.165, 1.54) is 0 Å². The molecule has 174 valence electrons. The second-order valence-electron chi connectivity index (χ2n) is 8.12. The normalized spacial score (nSPS) is 11.7. The number of benzene rings is 4. The van der Waals surface area contributed by atoms with Gasteiger partial charge < -0.3 is 10.2 Å². The summed E-state index contributed by atoms with van der Waals surface area (Å²) >= 11 is 0. The molecular weight excluding hydrogens is 436 g/mol. The minimum Gasteiger partial charge on any atom is -0.361 e. The summed E-state index contributed by atoms with van der Waals surface area (Å²) < 4.78 is 0. The monoisotopic (exact) mass is 462 g/mol. The maximum Gasteiger partial charge on any atom is 0.287 e. The van der Waals surface area contributed by atoms with Gasteiger partial charge in [0.25, 0.3) is 11.8 Å². The molecule has 0 aliphatic heterocycles. The SMILES string of the molecule is CN(C)C(=NNC(=O)C(=Cc1ccc2ccccc2c1)NC(=O)c1ccccc1)c1ccccc1. The van der Waals surface area contributed by atoms with Crippen molar-refractivity contribution in [1.29, 1.82) is 0 Å². The first-order valence-corrected chi connectivity index (χ1v) is 11.2. The Bertz CT molecular complexity index is 1390. The van der Waals surface area contributed by atoms with Gasteiger partial charge >= 0.3 is 0 Å². The van der Waals surface area contributed by atoms with Crippen LogP contribution in [0.1, 0.15) is 21.5 Å². The Morgan fingerprint density at radius 3 is 2.00 bits per heavy atom. The topological polar surface area (TPSA) is 73.8 Å². The molecule has 0 unspecified atom stereocenters. The van der Waals surface area contributed by atoms with Crippen molar-refractivity contribution in [2.45, 2.75) is 0 Å². The summed E-state index contributed by atoms with van der Waals surface area (Å²) in [5.74, 6) is -0.330. The predicted octanol–water partition coefficient (Wildman–Crippen LogP) is 4.65. The molecule has 0 spiro atoms. The van der Waals surface area contributed by atoms with Crippen LogP contribution in [-0.4, -0.2) is 36.6 Å². The number of amidine groups is 1. The number of rotatable bonds is 6. The van der Waals surface area contributed by atoms with Gasteiger partial charge in [-0.3, -0.25) is 9.59 Å². The predicted molar refractivity (Wildman–Crippen MR) is 141 cm³/mol. The van der Waals surface area contributed by atoms with Crippen molar-refractivity contribution in [2.24, 2.45) is 5.10 Å². The highest BCUT2D eigenvalue weighted by molar-refractivity contribution is 6.06. The van der Waals surface area contributed by atoms with Crippen LogP contribution in [0.2, 0.25) is 0 Å². The Hall–Kier alpha value is -4.71. The third-order valence-corrected chi connectivity index (χ3v) is 5.33. The molecule has 0 saturated carbocycles. The first kappa shape index (κ1) is 23.4. The van der Waals surface area contributed by atoms with Crippen LogP contribution in [0.15, 0.2) is 114 Å². The zero-order chi connectivity index (χ0) is 24.6. The average Bonchev–Trinajstić information content (AvgIpc) is 2.89. The minimum absolute atomic E-state index is 0.0871. The minimum atomic E-state index is -0.530. The van der Waals surface area contributed by atoms with Crippen LogP contribution in [0, 0.1) is 0 Å². The first-order valence-electron chi connectivity index (χ1n) is 11.2. The van der Waals surface area contributed by atoms with E-state index in [0.717, 1.165) is 21.9 Å². The number of carbonyl (C=O) groups is 2. The number of carbonyl (C=O) groups excluding carboxylic acids is 2. The smallest absolute Gasteiger partial charge is 0.287 e. The molecule has 6 heteroatoms. The summed E-state index contributed by atoms with van der Waals surface area (Å²) in [4.78, 5) is 27.9. The van der Waals surface area contributed by atoms with Gasteiger partial charge in [-0.15, -0.1) is 0 Å². The van der Waals surface area contributed by atoms with Crippen LogP contribution < -0.4 is 10.7 Å². The molecule has 0 heterocycles. The van der Waals surface area contributed by atoms with E-state index in [-0.39, 0.29) is 11.6 Å². The lowest BCUT2D eigenvalue weighted by Gasteiger charge is -2.16. The van der Waals surface area contributed by atoms with Gasteiger partial charge in [-0.2, -0.15) is 5.10 Å². The number of hydrogen-bond acceptors (Lipinski definition) is 3. The fourth-order valence-corrected chi connectivity index (χ4v) is 3.58. The van der Waals surface area contributed by atoms with E-state index in [2.05, 4.69) is 15.8 Å². The van der Waals surface area contributed by atoms with Crippen LogP contribution in [0.5, 0.6) is 0 Å². The molecule has 2 amide bonds. The Kier molecular flexibility index (Phi) is 7.33. The molecule has 35 heavy (non-hydrogen) atoms. The third-order valence-electron chi connectivity index (χ3n) is 5.33. The first-order chi connectivity index (χ1) is 17.0. The number of fused-ring (bicyclic) bond motifs is 1. The molecule has 4 aromatic carbocycles. The fourth-order valence-electron chi connectivity index (χ4n) is 3.58. The molecule has 0 aliphatic rings. The summed E-state index contributed by atoms with van der Waals surface area (Å²) in [5.41, 5.74) is 4.77. The maximum absolute atomic E-state index is 13.2. The van der Waals surface area contributed by atoms with Crippen LogP contribution >= 0.6 is 0 Å². The maximum atomic E-state index is 13.2. The third kappa shape index (κ3) is 6.00. The van der Waals surface area contributed by atoms with E-state index in [4.69, 9.17) is 0 Å². The molecular formula is C29H26N4O2. The second-order valence-corrected chi connectivity index (χ2v) is 8.12. The van der Waals surface area contributed by atoms with Gasteiger partial charge in [-0.25, -0.2) is 5.43 Å². The molecule has 0 saturated heterocycles. The Morgan fingerprint density at radius 2 is 1.34 bits per heavy atom. The summed E-state index contributed by atoms with van der Waals surface area (Å²) in [6.07, 6.45) is 1.65. The molecule has 2 N–H and O–H groups in total. The van der Waals surface area contributed by atoms with E-state index in [1.807, 2.05) is 97.9 Å². The number of nitrogens with one attached hydrogen (secondary N) is 2. The lowest BCUT2D eigenvalue weighted by atomic mass is 10.1. The van der Waals surface area contributed by atoms with Gasteiger partial charge in [0.15, 0.2) is 5.84 Å². The Balaban J connectivity index is 1.66. The molecule has 0 atom stereocenters. The summed E-state index contributed by atoms with van der Waals surface area (Å²) in [5, 5.41) is 9.21. The molecule has 0 aliphatic carbocycles. The van der Waals surface area contributed by atoms with Crippen molar-refractivity contribution in [1.82, 2.24) is 15.6 Å². The lowest BCUT2D eigenvalue weighted by Crippen LogP contribution is -2.34. The van der Waals surface area contributed by atoms with Crippen LogP contribution in [0.3, 0.4) is 0 Å². The standard InChI is InChI=1S/C29H26N4O2/c1-33(2)27(23-12-5-3-6-13-23)31-32-29(35)26(30-28(34)24-14-7-4-8-15-24)20-21-17-18-22-11-9-10-16-25(22)19-21/h3-20H,1-2H3,(H,30,34)(H,32,35). The average molecular weight is 463 g/mol. The fraction of sp³-hybridized carbons (Fsp3) is 0.0690. The molecule has 4 aromatic rings. The highest BCUT2D eigenvalue weighted by Crippen LogP contribution is 2.17. The zero-order valence-electron chi connectivity index (χ0n) is 19.6. The lowest BCUT2D eigenvalue weighted by molar-refractivity contribution is -0.117. The van der Waals surface area contributed by atoms with Gasteiger partial charge in [0.05, 0.1) is 0 Å². The van der Waals surface area contributed by atoms with E-state index in [9.17, 15) is 9.59 Å². The Labute approximate surface area is 204 Å². The quantitative estimate of drug-likeness (QED) is 0.190. The van der Waals surface area contributed by atoms with Crippen molar-refractivity contribution in [2.75, 3.05) is 14.1 Å². The molecule has 4 rings (SSSR count). The highest BCUT2D eigenvalue weighted by atomic mass is 16.2. The van der Waals surface area contributed by atoms with Crippen molar-refractivity contribution >= 4 is 34.5 Å². The number of amides is 2. The van der Waals surface area contributed by atoms with Crippen LogP contribution in [0.4, 0.5) is 0 Å². The van der Waals surface area contributed by atoms with Gasteiger partial charge in [-0.05, 0) is 40.6 Å². The van der Waals surface area contributed by atoms with Crippen molar-refractivity contribution in [3.63, 3.8) is 0 Å². The molecule has 0 radical (unpaired) electrons. The van der Waals surface area contributed by atoms with Gasteiger partial charge in [0, 0.05) is 25.2 Å². The largest absolute Gasteiger partial charge is 0.361 e. The zero-order valence-corrected chi connectivity index (χ0v) is 19.6. The number of nitrogens with zero attached hydrogens (tertiary/aromatic N) is 2. The second kappa shape index (κ2) is 10.9. The van der Waals surface area contributed by atoms with Crippen LogP contribution in [0.25, 0.3) is 16.8 Å². The van der Waals surface area contributed by atoms with Crippen molar-refractivity contribution in [3.05, 3.63) is 126 Å². The summed E-state index contributed by atoms with van der Waals surface area (Å²) in [6.45, 7) is 0. The molecule has 0 aromatic heterocycles. The van der Waals surface area contributed by atoms with Crippen LogP contribution in [-0.2, 0) is 4.79 Å². The van der Waals surface area contributed by atoms with E-state index in [0.29, 0.717) is 11.4 Å². The summed E-state index contributed by atoms with van der Waals surface area (Å²) in [6, 6.07) is 32.1. The molecule has 0 fully saturated rings.